The molecular formula is C19H28ClN. The van der Waals surface area contributed by atoms with E-state index in [9.17, 15) is 0 Å². The summed E-state index contributed by atoms with van der Waals surface area (Å²) in [6.45, 7) is 6.84. The van der Waals surface area contributed by atoms with Gasteiger partial charge in [-0.2, -0.15) is 0 Å². The summed E-state index contributed by atoms with van der Waals surface area (Å²) in [4.78, 5) is 2.47. The fourth-order valence-corrected chi connectivity index (χ4v) is 3.73. The second-order valence-electron chi connectivity index (χ2n) is 6.20. The van der Waals surface area contributed by atoms with E-state index in [0.717, 1.165) is 17.9 Å². The number of benzene rings is 1. The van der Waals surface area contributed by atoms with Crippen molar-refractivity contribution in [2.75, 3.05) is 11.9 Å². The van der Waals surface area contributed by atoms with Gasteiger partial charge in [-0.3, -0.25) is 0 Å². The molecule has 0 aliphatic carbocycles. The first-order valence-corrected chi connectivity index (χ1v) is 8.71. The van der Waals surface area contributed by atoms with Crippen LogP contribution in [0.5, 0.6) is 0 Å². The lowest BCUT2D eigenvalue weighted by Crippen LogP contribution is -2.47. The highest BCUT2D eigenvalue weighted by molar-refractivity contribution is 6.30. The molecule has 1 aromatic rings. The van der Waals surface area contributed by atoms with E-state index in [4.69, 9.17) is 11.6 Å². The summed E-state index contributed by atoms with van der Waals surface area (Å²) in [6.07, 6.45) is 9.72. The van der Waals surface area contributed by atoms with Gasteiger partial charge in [0.1, 0.15) is 0 Å². The summed E-state index contributed by atoms with van der Waals surface area (Å²) in [5, 5.41) is 0.837. The summed E-state index contributed by atoms with van der Waals surface area (Å²) in [5.41, 5.74) is 4.32. The second-order valence-corrected chi connectivity index (χ2v) is 6.64. The van der Waals surface area contributed by atoms with Gasteiger partial charge in [-0.15, -0.1) is 0 Å². The molecule has 1 unspecified atom stereocenters. The molecule has 2 rings (SSSR count). The normalized spacial score (nSPS) is 21.2. The molecule has 1 nitrogen and oxygen atoms in total. The Balaban J connectivity index is 2.52. The summed E-state index contributed by atoms with van der Waals surface area (Å²) < 4.78 is 0. The van der Waals surface area contributed by atoms with E-state index in [2.05, 4.69) is 50.9 Å². The number of halogens is 1. The number of unbranched alkanes of at least 4 members (excludes halogenated alkanes) is 1. The van der Waals surface area contributed by atoms with Crippen molar-refractivity contribution in [2.45, 2.75) is 64.8 Å². The molecular weight excluding hydrogens is 278 g/mol. The quantitative estimate of drug-likeness (QED) is 0.595. The van der Waals surface area contributed by atoms with E-state index < -0.39 is 0 Å². The average Bonchev–Trinajstić information content (AvgIpc) is 2.49. The average molecular weight is 306 g/mol. The van der Waals surface area contributed by atoms with Crippen LogP contribution in [0.4, 0.5) is 5.69 Å². The molecule has 116 valence electrons. The number of fused-ring (bicyclic) bond motifs is 1. The fourth-order valence-electron chi connectivity index (χ4n) is 3.56. The van der Waals surface area contributed by atoms with E-state index in [-0.39, 0.29) is 5.54 Å². The van der Waals surface area contributed by atoms with Gasteiger partial charge in [0.25, 0.3) is 0 Å². The van der Waals surface area contributed by atoms with Crippen LogP contribution in [0.1, 0.15) is 64.9 Å². The number of likely N-dealkylation sites (N-methyl/N-ethyl adjacent to an activating group) is 1. The maximum Gasteiger partial charge on any atom is 0.0584 e. The number of allylic oxidation sites excluding steroid dienone is 1. The Kier molecular flexibility index (Phi) is 5.37. The van der Waals surface area contributed by atoms with Crippen molar-refractivity contribution in [3.63, 3.8) is 0 Å². The predicted octanol–water partition coefficient (Wildman–Crippen LogP) is 6.31. The van der Waals surface area contributed by atoms with Crippen molar-refractivity contribution in [3.8, 4) is 0 Å². The van der Waals surface area contributed by atoms with Gasteiger partial charge >= 0.3 is 0 Å². The van der Waals surface area contributed by atoms with E-state index in [1.54, 1.807) is 0 Å². The minimum atomic E-state index is 0.165. The third-order valence-corrected chi connectivity index (χ3v) is 5.11. The maximum absolute atomic E-state index is 6.24. The zero-order chi connectivity index (χ0) is 15.5. The summed E-state index contributed by atoms with van der Waals surface area (Å²) in [7, 11) is 2.24. The highest BCUT2D eigenvalue weighted by atomic mass is 35.5. The standard InChI is InChI=1S/C19H28ClN/c1-5-8-9-15-14-19(7-3,12-6-2)21(4)18-11-10-16(20)13-17(15)18/h10-11,13-14H,5-9,12H2,1-4H3. The topological polar surface area (TPSA) is 3.24 Å². The lowest BCUT2D eigenvalue weighted by Gasteiger charge is -2.46. The van der Waals surface area contributed by atoms with Crippen LogP contribution in [-0.4, -0.2) is 12.6 Å². The Morgan fingerprint density at radius 2 is 1.90 bits per heavy atom. The minimum Gasteiger partial charge on any atom is -0.365 e. The first-order chi connectivity index (χ1) is 10.1. The van der Waals surface area contributed by atoms with Crippen molar-refractivity contribution in [2.24, 2.45) is 0 Å². The van der Waals surface area contributed by atoms with Crippen LogP contribution >= 0.6 is 11.6 Å². The molecule has 1 atom stereocenters. The molecule has 0 N–H and O–H groups in total. The molecule has 0 saturated carbocycles. The van der Waals surface area contributed by atoms with Crippen LogP contribution < -0.4 is 4.90 Å². The number of hydrogen-bond acceptors (Lipinski definition) is 1. The lowest BCUT2D eigenvalue weighted by atomic mass is 9.80. The highest BCUT2D eigenvalue weighted by Gasteiger charge is 2.35. The molecule has 0 aromatic heterocycles. The molecule has 0 bridgehead atoms. The van der Waals surface area contributed by atoms with E-state index >= 15 is 0 Å². The lowest BCUT2D eigenvalue weighted by molar-refractivity contribution is 0.436. The third kappa shape index (κ3) is 3.13. The first kappa shape index (κ1) is 16.4. The molecule has 21 heavy (non-hydrogen) atoms. The summed E-state index contributed by atoms with van der Waals surface area (Å²) in [5.74, 6) is 0. The molecule has 1 aliphatic rings. The Bertz CT molecular complexity index is 520. The van der Waals surface area contributed by atoms with Gasteiger partial charge in [0.15, 0.2) is 0 Å². The van der Waals surface area contributed by atoms with E-state index in [0.29, 0.717) is 0 Å². The van der Waals surface area contributed by atoms with Crippen molar-refractivity contribution < 1.29 is 0 Å². The molecule has 2 heteroatoms. The van der Waals surface area contributed by atoms with Gasteiger partial charge in [-0.1, -0.05) is 51.3 Å². The van der Waals surface area contributed by atoms with Crippen LogP contribution in [-0.2, 0) is 0 Å². The van der Waals surface area contributed by atoms with Gasteiger partial charge in [0, 0.05) is 23.3 Å². The first-order valence-electron chi connectivity index (χ1n) is 8.33. The number of rotatable bonds is 6. The Morgan fingerprint density at radius 3 is 2.52 bits per heavy atom. The van der Waals surface area contributed by atoms with Crippen LogP contribution in [0, 0.1) is 0 Å². The Morgan fingerprint density at radius 1 is 1.14 bits per heavy atom. The van der Waals surface area contributed by atoms with Gasteiger partial charge in [-0.05, 0) is 49.5 Å². The van der Waals surface area contributed by atoms with E-state index in [1.165, 1.54) is 42.5 Å². The Hall–Kier alpha value is -0.950. The molecule has 1 aliphatic heterocycles. The predicted molar refractivity (Wildman–Crippen MR) is 95.3 cm³/mol. The van der Waals surface area contributed by atoms with Crippen LogP contribution in [0.2, 0.25) is 5.02 Å². The van der Waals surface area contributed by atoms with Crippen LogP contribution in [0.25, 0.3) is 5.57 Å². The second kappa shape index (κ2) is 6.87. The summed E-state index contributed by atoms with van der Waals surface area (Å²) >= 11 is 6.24. The van der Waals surface area contributed by atoms with Crippen molar-refractivity contribution in [3.05, 3.63) is 34.9 Å². The fraction of sp³-hybridized carbons (Fsp3) is 0.579. The van der Waals surface area contributed by atoms with Crippen molar-refractivity contribution in [1.82, 2.24) is 0 Å². The smallest absolute Gasteiger partial charge is 0.0584 e. The zero-order valence-corrected chi connectivity index (χ0v) is 14.6. The zero-order valence-electron chi connectivity index (χ0n) is 13.9. The van der Waals surface area contributed by atoms with E-state index in [1.807, 2.05) is 6.07 Å². The third-order valence-electron chi connectivity index (χ3n) is 4.87. The minimum absolute atomic E-state index is 0.165. The van der Waals surface area contributed by atoms with Crippen LogP contribution in [0.3, 0.4) is 0 Å². The van der Waals surface area contributed by atoms with Crippen molar-refractivity contribution >= 4 is 22.9 Å². The molecule has 0 fully saturated rings. The van der Waals surface area contributed by atoms with Crippen molar-refractivity contribution in [1.29, 1.82) is 0 Å². The van der Waals surface area contributed by atoms with Gasteiger partial charge in [0.2, 0.25) is 0 Å². The van der Waals surface area contributed by atoms with Gasteiger partial charge in [0.05, 0.1) is 5.54 Å². The number of nitrogens with zero attached hydrogens (tertiary/aromatic N) is 1. The monoisotopic (exact) mass is 305 g/mol. The number of hydrogen-bond donors (Lipinski definition) is 0. The van der Waals surface area contributed by atoms with Gasteiger partial charge in [-0.25, -0.2) is 0 Å². The maximum atomic E-state index is 6.24. The van der Waals surface area contributed by atoms with Gasteiger partial charge < -0.3 is 4.90 Å². The molecule has 1 aromatic carbocycles. The SMILES string of the molecule is CCCCC1=CC(CC)(CCC)N(C)c2ccc(Cl)cc21. The highest BCUT2D eigenvalue weighted by Crippen LogP contribution is 2.44. The number of anilines is 1. The largest absolute Gasteiger partial charge is 0.365 e. The molecule has 0 amide bonds. The molecule has 0 saturated heterocycles. The molecule has 0 radical (unpaired) electrons. The summed E-state index contributed by atoms with van der Waals surface area (Å²) in [6, 6.07) is 6.35. The Labute approximate surface area is 135 Å². The molecule has 1 heterocycles. The van der Waals surface area contributed by atoms with Crippen LogP contribution in [0.15, 0.2) is 24.3 Å². The molecule has 0 spiro atoms.